The van der Waals surface area contributed by atoms with Crippen molar-refractivity contribution in [1.29, 1.82) is 0 Å². The molecule has 1 aliphatic heterocycles. The van der Waals surface area contributed by atoms with E-state index in [2.05, 4.69) is 15.5 Å². The van der Waals surface area contributed by atoms with Crippen LogP contribution in [0.4, 0.5) is 4.79 Å². The Balaban J connectivity index is 1.94. The molecular weight excluding hydrogens is 296 g/mol. The molecule has 1 aliphatic rings. The number of carbonyl (C=O) groups excluding carboxylic acids is 1. The first kappa shape index (κ1) is 15.6. The van der Waals surface area contributed by atoms with Gasteiger partial charge in [0.25, 0.3) is 0 Å². The van der Waals surface area contributed by atoms with Crippen LogP contribution in [0.1, 0.15) is 19.7 Å². The maximum Gasteiger partial charge on any atom is 0.327 e. The monoisotopic (exact) mass is 314 g/mol. The molecule has 2 heterocycles. The summed E-state index contributed by atoms with van der Waals surface area (Å²) in [5.74, 6) is 0.0509. The van der Waals surface area contributed by atoms with E-state index in [4.69, 9.17) is 4.52 Å². The van der Waals surface area contributed by atoms with E-state index in [1.807, 2.05) is 13.8 Å². The summed E-state index contributed by atoms with van der Waals surface area (Å²) in [7, 11) is 0. The highest BCUT2D eigenvalue weighted by molar-refractivity contribution is 8.00. The number of aliphatic carboxylic acids is 1. The Morgan fingerprint density at radius 2 is 2.38 bits per heavy atom. The standard InChI is InChI=1S/C12H18N4O4S/c1-7(2)10-16(8(5-21-10)11(17)18)12(19)13-4-3-9-14-6-15-20-9/h6-8,10H,3-5H2,1-2H3,(H,13,19)(H,17,18). The molecule has 9 heteroatoms. The zero-order valence-corrected chi connectivity index (χ0v) is 12.7. The SMILES string of the molecule is CC(C)C1SCC(C(=O)O)N1C(=O)NCCc1ncno1. The van der Waals surface area contributed by atoms with Crippen LogP contribution in [0.5, 0.6) is 0 Å². The van der Waals surface area contributed by atoms with E-state index < -0.39 is 12.0 Å². The van der Waals surface area contributed by atoms with E-state index in [-0.39, 0.29) is 17.3 Å². The zero-order chi connectivity index (χ0) is 15.4. The molecule has 0 saturated carbocycles. The van der Waals surface area contributed by atoms with Crippen LogP contribution in [0.2, 0.25) is 0 Å². The van der Waals surface area contributed by atoms with Gasteiger partial charge in [-0.25, -0.2) is 9.59 Å². The molecule has 2 atom stereocenters. The summed E-state index contributed by atoms with van der Waals surface area (Å²) in [6.07, 6.45) is 1.71. The van der Waals surface area contributed by atoms with Crippen LogP contribution < -0.4 is 5.32 Å². The number of nitrogens with zero attached hydrogens (tertiary/aromatic N) is 3. The second-order valence-electron chi connectivity index (χ2n) is 5.05. The maximum absolute atomic E-state index is 12.3. The topological polar surface area (TPSA) is 109 Å². The Morgan fingerprint density at radius 1 is 1.62 bits per heavy atom. The van der Waals surface area contributed by atoms with Gasteiger partial charge in [-0.15, -0.1) is 11.8 Å². The molecule has 2 unspecified atom stereocenters. The first-order valence-electron chi connectivity index (χ1n) is 6.67. The van der Waals surface area contributed by atoms with Crippen LogP contribution in [0.25, 0.3) is 0 Å². The third-order valence-corrected chi connectivity index (χ3v) is 4.77. The third-order valence-electron chi connectivity index (χ3n) is 3.15. The van der Waals surface area contributed by atoms with E-state index in [1.54, 1.807) is 0 Å². The van der Waals surface area contributed by atoms with Gasteiger partial charge in [0.15, 0.2) is 6.33 Å². The van der Waals surface area contributed by atoms with Gasteiger partial charge in [-0.1, -0.05) is 19.0 Å². The fourth-order valence-electron chi connectivity index (χ4n) is 2.16. The van der Waals surface area contributed by atoms with Gasteiger partial charge < -0.3 is 14.9 Å². The fourth-order valence-corrected chi connectivity index (χ4v) is 3.63. The van der Waals surface area contributed by atoms with Crippen molar-refractivity contribution in [3.8, 4) is 0 Å². The Hall–Kier alpha value is -1.77. The molecular formula is C12H18N4O4S. The minimum atomic E-state index is -0.974. The second kappa shape index (κ2) is 6.79. The minimum absolute atomic E-state index is 0.130. The first-order chi connectivity index (χ1) is 10.0. The van der Waals surface area contributed by atoms with Gasteiger partial charge in [0.1, 0.15) is 6.04 Å². The maximum atomic E-state index is 12.3. The Kier molecular flexibility index (Phi) is 5.05. The number of aromatic nitrogens is 2. The van der Waals surface area contributed by atoms with Crippen LogP contribution in [0.15, 0.2) is 10.9 Å². The number of hydrogen-bond donors (Lipinski definition) is 2. The van der Waals surface area contributed by atoms with Gasteiger partial charge >= 0.3 is 12.0 Å². The quantitative estimate of drug-likeness (QED) is 0.827. The molecule has 8 nitrogen and oxygen atoms in total. The summed E-state index contributed by atoms with van der Waals surface area (Å²) >= 11 is 1.50. The van der Waals surface area contributed by atoms with E-state index in [0.29, 0.717) is 24.6 Å². The number of nitrogens with one attached hydrogen (secondary N) is 1. The van der Waals surface area contributed by atoms with E-state index in [9.17, 15) is 14.7 Å². The molecule has 2 N–H and O–H groups in total. The van der Waals surface area contributed by atoms with Crippen molar-refractivity contribution in [2.45, 2.75) is 31.7 Å². The smallest absolute Gasteiger partial charge is 0.327 e. The zero-order valence-electron chi connectivity index (χ0n) is 11.9. The lowest BCUT2D eigenvalue weighted by atomic mass is 10.2. The van der Waals surface area contributed by atoms with Gasteiger partial charge in [0, 0.05) is 18.7 Å². The van der Waals surface area contributed by atoms with E-state index in [1.165, 1.54) is 23.0 Å². The van der Waals surface area contributed by atoms with Crippen molar-refractivity contribution in [1.82, 2.24) is 20.4 Å². The highest BCUT2D eigenvalue weighted by Gasteiger charge is 2.42. The van der Waals surface area contributed by atoms with Gasteiger partial charge in [0.2, 0.25) is 5.89 Å². The fraction of sp³-hybridized carbons (Fsp3) is 0.667. The predicted molar refractivity (Wildman–Crippen MR) is 75.7 cm³/mol. The Bertz CT molecular complexity index is 493. The molecule has 2 amide bonds. The van der Waals surface area contributed by atoms with Crippen molar-refractivity contribution in [3.05, 3.63) is 12.2 Å². The van der Waals surface area contributed by atoms with Gasteiger partial charge in [-0.2, -0.15) is 4.98 Å². The van der Waals surface area contributed by atoms with Crippen molar-refractivity contribution in [2.24, 2.45) is 5.92 Å². The minimum Gasteiger partial charge on any atom is -0.480 e. The summed E-state index contributed by atoms with van der Waals surface area (Å²) in [6, 6.07) is -1.16. The summed E-state index contributed by atoms with van der Waals surface area (Å²) in [5.41, 5.74) is 0. The van der Waals surface area contributed by atoms with Crippen LogP contribution in [-0.2, 0) is 11.2 Å². The number of carbonyl (C=O) groups is 2. The number of hydrogen-bond acceptors (Lipinski definition) is 6. The number of carboxylic acids is 1. The number of amides is 2. The van der Waals surface area contributed by atoms with E-state index in [0.717, 1.165) is 0 Å². The first-order valence-corrected chi connectivity index (χ1v) is 7.71. The molecule has 0 radical (unpaired) electrons. The van der Waals surface area contributed by atoms with Gasteiger partial charge in [-0.05, 0) is 5.92 Å². The molecule has 21 heavy (non-hydrogen) atoms. The lowest BCUT2D eigenvalue weighted by molar-refractivity contribution is -0.141. The molecule has 0 aromatic carbocycles. The molecule has 1 aromatic rings. The lowest BCUT2D eigenvalue weighted by Gasteiger charge is -2.29. The van der Waals surface area contributed by atoms with Crippen molar-refractivity contribution < 1.29 is 19.2 Å². The lowest BCUT2D eigenvalue weighted by Crippen LogP contribution is -2.51. The van der Waals surface area contributed by atoms with Crippen LogP contribution >= 0.6 is 11.8 Å². The number of rotatable bonds is 5. The second-order valence-corrected chi connectivity index (χ2v) is 6.20. The number of carboxylic acid groups (broad SMARTS) is 1. The van der Waals surface area contributed by atoms with Crippen molar-refractivity contribution >= 4 is 23.8 Å². The van der Waals surface area contributed by atoms with Crippen molar-refractivity contribution in [3.63, 3.8) is 0 Å². The summed E-state index contributed by atoms with van der Waals surface area (Å²) < 4.78 is 4.84. The summed E-state index contributed by atoms with van der Waals surface area (Å²) in [4.78, 5) is 28.8. The largest absolute Gasteiger partial charge is 0.480 e. The summed E-state index contributed by atoms with van der Waals surface area (Å²) in [5, 5.41) is 15.3. The number of urea groups is 1. The molecule has 1 aromatic heterocycles. The normalized spacial score (nSPS) is 21.8. The molecule has 1 saturated heterocycles. The molecule has 116 valence electrons. The van der Waals surface area contributed by atoms with Gasteiger partial charge in [0.05, 0.1) is 5.37 Å². The summed E-state index contributed by atoms with van der Waals surface area (Å²) in [6.45, 7) is 4.26. The molecule has 2 rings (SSSR count). The third kappa shape index (κ3) is 3.66. The molecule has 0 spiro atoms. The van der Waals surface area contributed by atoms with E-state index >= 15 is 0 Å². The molecule has 0 aliphatic carbocycles. The highest BCUT2D eigenvalue weighted by atomic mass is 32.2. The van der Waals surface area contributed by atoms with Crippen LogP contribution in [0.3, 0.4) is 0 Å². The highest BCUT2D eigenvalue weighted by Crippen LogP contribution is 2.33. The van der Waals surface area contributed by atoms with Crippen molar-refractivity contribution in [2.75, 3.05) is 12.3 Å². The Morgan fingerprint density at radius 3 is 2.95 bits per heavy atom. The average Bonchev–Trinajstić information content (AvgIpc) is 3.07. The number of thioether (sulfide) groups is 1. The van der Waals surface area contributed by atoms with Crippen LogP contribution in [-0.4, -0.2) is 55.9 Å². The Labute approximate surface area is 126 Å². The average molecular weight is 314 g/mol. The van der Waals surface area contributed by atoms with Gasteiger partial charge in [-0.3, -0.25) is 4.90 Å². The molecule has 1 fully saturated rings. The molecule has 0 bridgehead atoms. The predicted octanol–water partition coefficient (Wildman–Crippen LogP) is 0.806. The van der Waals surface area contributed by atoms with Crippen LogP contribution in [0, 0.1) is 5.92 Å².